The lowest BCUT2D eigenvalue weighted by Gasteiger charge is -2.15. The van der Waals surface area contributed by atoms with Crippen LogP contribution < -0.4 is 4.74 Å². The van der Waals surface area contributed by atoms with Crippen molar-refractivity contribution in [3.63, 3.8) is 0 Å². The lowest BCUT2D eigenvalue weighted by Crippen LogP contribution is -2.17. The maximum atomic E-state index is 13.2. The summed E-state index contributed by atoms with van der Waals surface area (Å²) in [6.07, 6.45) is -4.95. The summed E-state index contributed by atoms with van der Waals surface area (Å²) in [4.78, 5) is 7.00. The first-order chi connectivity index (χ1) is 19.2. The summed E-state index contributed by atoms with van der Waals surface area (Å²) < 4.78 is 43.7. The Labute approximate surface area is 227 Å². The third kappa shape index (κ3) is 4.31. The smallest absolute Gasteiger partial charge is 0.405 e. The van der Waals surface area contributed by atoms with Crippen LogP contribution in [0, 0.1) is 42.7 Å². The molecule has 5 rings (SSSR count). The summed E-state index contributed by atoms with van der Waals surface area (Å²) in [7, 11) is 0. The third-order valence-corrected chi connectivity index (χ3v) is 6.66. The second-order valence-electron chi connectivity index (χ2n) is 8.89. The molecule has 1 aliphatic carbocycles. The highest BCUT2D eigenvalue weighted by Gasteiger charge is 2.34. The number of para-hydroxylation sites is 1. The highest BCUT2D eigenvalue weighted by molar-refractivity contribution is 6.07. The first-order valence-corrected chi connectivity index (χ1v) is 11.8. The van der Waals surface area contributed by atoms with E-state index in [0.29, 0.717) is 33.4 Å². The van der Waals surface area contributed by atoms with Crippen LogP contribution in [0.1, 0.15) is 22.3 Å². The van der Waals surface area contributed by atoms with E-state index in [2.05, 4.69) is 20.5 Å². The van der Waals surface area contributed by atoms with Crippen LogP contribution in [0.25, 0.3) is 48.6 Å². The molecular weight excluding hydrogens is 513 g/mol. The van der Waals surface area contributed by atoms with Gasteiger partial charge in [-0.25, -0.2) is 15.0 Å². The topological polar surface area (TPSA) is 65.5 Å². The van der Waals surface area contributed by atoms with Gasteiger partial charge in [-0.2, -0.15) is 5.26 Å². The lowest BCUT2D eigenvalue weighted by atomic mass is 9.91. The Morgan fingerprint density at radius 3 is 2.00 bits per heavy atom. The molecule has 4 aromatic rings. The molecule has 0 saturated heterocycles. The Kier molecular flexibility index (Phi) is 6.33. The van der Waals surface area contributed by atoms with Crippen molar-refractivity contribution >= 4 is 11.3 Å². The molecule has 190 valence electrons. The number of hydrogen-bond donors (Lipinski definition) is 0. The molecule has 0 aliphatic heterocycles. The fourth-order valence-corrected chi connectivity index (χ4v) is 4.99. The van der Waals surface area contributed by atoms with E-state index < -0.39 is 12.1 Å². The van der Waals surface area contributed by atoms with Gasteiger partial charge in [-0.05, 0) is 70.1 Å². The second-order valence-corrected chi connectivity index (χ2v) is 8.89. The molecular formula is C32H15F3N4O. The number of nitriles is 2. The molecule has 0 saturated carbocycles. The Morgan fingerprint density at radius 2 is 1.40 bits per heavy atom. The van der Waals surface area contributed by atoms with Crippen LogP contribution in [0.2, 0.25) is 0 Å². The van der Waals surface area contributed by atoms with Crippen molar-refractivity contribution in [2.24, 2.45) is 0 Å². The van der Waals surface area contributed by atoms with Crippen LogP contribution in [0.3, 0.4) is 0 Å². The van der Waals surface area contributed by atoms with Crippen molar-refractivity contribution in [2.75, 3.05) is 0 Å². The molecule has 0 unspecified atom stereocenters. The van der Waals surface area contributed by atoms with E-state index in [9.17, 15) is 23.7 Å². The molecule has 0 spiro atoms. The van der Waals surface area contributed by atoms with E-state index in [4.69, 9.17) is 13.1 Å². The standard InChI is InChI=1S/C32H15F3N4O/c1-18-8-4-5-9-20(18)22-13-26-23(12-19(22)16-36)24-15-28(38-2)25(14-27(24)31(26)29(17-37)39-3)21-10-6-7-11-30(21)40-32(33,34)35/h4-15H,1H3/b31-29-. The summed E-state index contributed by atoms with van der Waals surface area (Å²) >= 11 is 0. The molecule has 0 atom stereocenters. The molecule has 5 nitrogen and oxygen atoms in total. The largest absolute Gasteiger partial charge is 0.573 e. The van der Waals surface area contributed by atoms with E-state index in [0.717, 1.165) is 17.2 Å². The first kappa shape index (κ1) is 25.8. The van der Waals surface area contributed by atoms with Crippen molar-refractivity contribution < 1.29 is 17.9 Å². The monoisotopic (exact) mass is 528 g/mol. The van der Waals surface area contributed by atoms with Crippen LogP contribution in [0.5, 0.6) is 5.75 Å². The molecule has 40 heavy (non-hydrogen) atoms. The van der Waals surface area contributed by atoms with Gasteiger partial charge in [0, 0.05) is 16.7 Å². The van der Waals surface area contributed by atoms with Gasteiger partial charge >= 0.3 is 6.36 Å². The number of rotatable bonds is 3. The van der Waals surface area contributed by atoms with Crippen molar-refractivity contribution in [3.8, 4) is 51.3 Å². The van der Waals surface area contributed by atoms with E-state index in [1.807, 2.05) is 37.3 Å². The number of allylic oxidation sites excluding steroid dienone is 1. The molecule has 0 aromatic heterocycles. The Bertz CT molecular complexity index is 1910. The molecule has 4 aromatic carbocycles. The van der Waals surface area contributed by atoms with Crippen molar-refractivity contribution in [3.05, 3.63) is 124 Å². The minimum atomic E-state index is -4.95. The average Bonchev–Trinajstić information content (AvgIpc) is 3.24. The number of hydrogen-bond acceptors (Lipinski definition) is 3. The number of ether oxygens (including phenoxy) is 1. The van der Waals surface area contributed by atoms with E-state index in [1.165, 1.54) is 30.3 Å². The maximum absolute atomic E-state index is 13.2. The number of halogens is 3. The fraction of sp³-hybridized carbons (Fsp3) is 0.0625. The molecule has 1 aliphatic rings. The lowest BCUT2D eigenvalue weighted by molar-refractivity contribution is -0.274. The molecule has 0 bridgehead atoms. The first-order valence-electron chi connectivity index (χ1n) is 11.8. The average molecular weight is 528 g/mol. The number of benzene rings is 4. The number of fused-ring (bicyclic) bond motifs is 3. The van der Waals surface area contributed by atoms with Crippen LogP contribution in [-0.2, 0) is 0 Å². The quantitative estimate of drug-likeness (QED) is 0.174. The van der Waals surface area contributed by atoms with Crippen LogP contribution >= 0.6 is 0 Å². The van der Waals surface area contributed by atoms with E-state index in [-0.39, 0.29) is 28.1 Å². The predicted molar refractivity (Wildman–Crippen MR) is 143 cm³/mol. The Balaban J connectivity index is 1.84. The van der Waals surface area contributed by atoms with Gasteiger partial charge in [0.15, 0.2) is 5.69 Å². The zero-order valence-corrected chi connectivity index (χ0v) is 20.8. The number of nitrogens with zero attached hydrogens (tertiary/aromatic N) is 4. The van der Waals surface area contributed by atoms with Crippen molar-refractivity contribution in [1.29, 1.82) is 10.5 Å². The Hall–Kier alpha value is -5.83. The summed E-state index contributed by atoms with van der Waals surface area (Å²) in [5.74, 6) is -0.486. The summed E-state index contributed by atoms with van der Waals surface area (Å²) in [6.45, 7) is 17.4. The minimum Gasteiger partial charge on any atom is -0.405 e. The highest BCUT2D eigenvalue weighted by Crippen LogP contribution is 2.52. The van der Waals surface area contributed by atoms with Crippen LogP contribution in [0.4, 0.5) is 18.9 Å². The van der Waals surface area contributed by atoms with Gasteiger partial charge in [-0.3, -0.25) is 0 Å². The van der Waals surface area contributed by atoms with E-state index >= 15 is 0 Å². The molecule has 0 fully saturated rings. The van der Waals surface area contributed by atoms with Gasteiger partial charge in [-0.1, -0.05) is 48.5 Å². The zero-order chi connectivity index (χ0) is 28.6. The summed E-state index contributed by atoms with van der Waals surface area (Å²) in [6, 6.07) is 23.6. The number of alkyl halides is 3. The van der Waals surface area contributed by atoms with Crippen molar-refractivity contribution in [1.82, 2.24) is 0 Å². The molecule has 0 heterocycles. The second kappa shape index (κ2) is 9.80. The van der Waals surface area contributed by atoms with Crippen LogP contribution in [0.15, 0.2) is 78.5 Å². The molecule has 0 radical (unpaired) electrons. The number of aryl methyl sites for hydroxylation is 1. The molecule has 0 amide bonds. The SMILES string of the molecule is [C-]#[N+]/C(C#N)=C1/c2cc(-c3ccccc3C)c(C#N)cc2-c2cc([N+]#[C-])c(-c3ccccc3OC(F)(F)F)cc21. The van der Waals surface area contributed by atoms with Crippen LogP contribution in [-0.4, -0.2) is 6.36 Å². The van der Waals surface area contributed by atoms with Gasteiger partial charge in [0.1, 0.15) is 5.75 Å². The van der Waals surface area contributed by atoms with Crippen molar-refractivity contribution in [2.45, 2.75) is 13.3 Å². The highest BCUT2D eigenvalue weighted by atomic mass is 19.4. The third-order valence-electron chi connectivity index (χ3n) is 6.66. The molecule has 8 heteroatoms. The summed E-state index contributed by atoms with van der Waals surface area (Å²) in [5, 5.41) is 19.9. The zero-order valence-electron chi connectivity index (χ0n) is 20.8. The molecule has 0 N–H and O–H groups in total. The Morgan fingerprint density at radius 1 is 0.775 bits per heavy atom. The summed E-state index contributed by atoms with van der Waals surface area (Å²) in [5.41, 5.74) is 4.96. The predicted octanol–water partition coefficient (Wildman–Crippen LogP) is 8.83. The van der Waals surface area contributed by atoms with Gasteiger partial charge in [0.25, 0.3) is 5.70 Å². The van der Waals surface area contributed by atoms with Gasteiger partial charge < -0.3 is 4.74 Å². The minimum absolute atomic E-state index is 0.0311. The van der Waals surface area contributed by atoms with E-state index in [1.54, 1.807) is 12.1 Å². The van der Waals surface area contributed by atoms with Gasteiger partial charge in [-0.15, -0.1) is 13.2 Å². The fourth-order valence-electron chi connectivity index (χ4n) is 4.99. The normalized spacial score (nSPS) is 12.7. The van der Waals surface area contributed by atoms with Gasteiger partial charge in [0.05, 0.1) is 30.8 Å². The maximum Gasteiger partial charge on any atom is 0.573 e. The van der Waals surface area contributed by atoms with Gasteiger partial charge in [0.2, 0.25) is 0 Å².